The minimum absolute atomic E-state index is 0.139. The number of anilines is 1. The van der Waals surface area contributed by atoms with Gasteiger partial charge in [0.25, 0.3) is 5.56 Å². The summed E-state index contributed by atoms with van der Waals surface area (Å²) in [5.74, 6) is -0.530. The Morgan fingerprint density at radius 1 is 1.06 bits per heavy atom. The molecule has 7 heteroatoms. The largest absolute Gasteiger partial charge is 0.325 e. The quantitative estimate of drug-likeness (QED) is 0.229. The molecule has 0 saturated heterocycles. The number of amides is 1. The van der Waals surface area contributed by atoms with Gasteiger partial charge in [-0.15, -0.1) is 0 Å². The fraction of sp³-hybridized carbons (Fsp3) is 0.250. The van der Waals surface area contributed by atoms with Crippen LogP contribution in [0.2, 0.25) is 0 Å². The number of nitrogens with zero attached hydrogens (tertiary/aromatic N) is 2. The molecule has 0 bridgehead atoms. The van der Waals surface area contributed by atoms with Crippen molar-refractivity contribution in [3.63, 3.8) is 0 Å². The van der Waals surface area contributed by atoms with Gasteiger partial charge in [0.1, 0.15) is 5.82 Å². The van der Waals surface area contributed by atoms with Gasteiger partial charge in [0, 0.05) is 5.69 Å². The van der Waals surface area contributed by atoms with Crippen LogP contribution in [0.5, 0.6) is 0 Å². The van der Waals surface area contributed by atoms with E-state index < -0.39 is 11.1 Å². The highest BCUT2D eigenvalue weighted by Crippen LogP contribution is 2.29. The van der Waals surface area contributed by atoms with Gasteiger partial charge in [-0.3, -0.25) is 14.2 Å². The van der Waals surface area contributed by atoms with Crippen LogP contribution in [0.1, 0.15) is 37.3 Å². The van der Waals surface area contributed by atoms with Crippen molar-refractivity contribution in [2.75, 3.05) is 5.32 Å². The molecule has 4 rings (SSSR count). The molecule has 1 aromatic heterocycles. The smallest absolute Gasteiger partial charge is 0.266 e. The lowest BCUT2D eigenvalue weighted by Gasteiger charge is -2.19. The number of halogens is 1. The van der Waals surface area contributed by atoms with Gasteiger partial charge < -0.3 is 5.32 Å². The summed E-state index contributed by atoms with van der Waals surface area (Å²) in [5, 5.41) is 3.43. The van der Waals surface area contributed by atoms with Gasteiger partial charge in [-0.05, 0) is 79.9 Å². The third-order valence-electron chi connectivity index (χ3n) is 5.96. The number of thioether (sulfide) groups is 1. The summed E-state index contributed by atoms with van der Waals surface area (Å²) < 4.78 is 15.1. The monoisotopic (exact) mass is 489 g/mol. The summed E-state index contributed by atoms with van der Waals surface area (Å²) >= 11 is 1.26. The fourth-order valence-electron chi connectivity index (χ4n) is 3.81. The average molecular weight is 490 g/mol. The molecule has 1 atom stereocenters. The van der Waals surface area contributed by atoms with Gasteiger partial charge >= 0.3 is 0 Å². The summed E-state index contributed by atoms with van der Waals surface area (Å²) in [6.07, 6.45) is 2.42. The summed E-state index contributed by atoms with van der Waals surface area (Å²) in [5.41, 5.74) is 3.80. The van der Waals surface area contributed by atoms with E-state index in [1.54, 1.807) is 30.3 Å². The maximum Gasteiger partial charge on any atom is 0.266 e. The Labute approximate surface area is 208 Å². The van der Waals surface area contributed by atoms with Gasteiger partial charge in [-0.2, -0.15) is 0 Å². The molecule has 0 radical (unpaired) electrons. The van der Waals surface area contributed by atoms with Crippen molar-refractivity contribution >= 4 is 34.3 Å². The number of nitrogens with one attached hydrogen (secondary N) is 1. The number of rotatable bonds is 8. The zero-order valence-corrected chi connectivity index (χ0v) is 20.9. The van der Waals surface area contributed by atoms with Crippen molar-refractivity contribution < 1.29 is 9.18 Å². The van der Waals surface area contributed by atoms with E-state index in [2.05, 4.69) is 12.2 Å². The molecule has 0 spiro atoms. The molecule has 0 fully saturated rings. The number of hydrogen-bond donors (Lipinski definition) is 1. The molecule has 5 nitrogen and oxygen atoms in total. The molecule has 180 valence electrons. The van der Waals surface area contributed by atoms with Gasteiger partial charge in [-0.1, -0.05) is 49.7 Å². The molecule has 0 aliphatic carbocycles. The normalized spacial score (nSPS) is 12.0. The van der Waals surface area contributed by atoms with Crippen molar-refractivity contribution in [3.05, 3.63) is 94.0 Å². The number of para-hydroxylation sites is 1. The van der Waals surface area contributed by atoms with E-state index in [0.717, 1.165) is 29.7 Å². The third kappa shape index (κ3) is 5.62. The van der Waals surface area contributed by atoms with E-state index in [9.17, 15) is 14.0 Å². The minimum atomic E-state index is -0.462. The van der Waals surface area contributed by atoms with E-state index >= 15 is 0 Å². The molecule has 0 saturated carbocycles. The van der Waals surface area contributed by atoms with E-state index in [1.165, 1.54) is 28.5 Å². The van der Waals surface area contributed by atoms with Crippen molar-refractivity contribution in [2.45, 2.75) is 50.4 Å². The maximum atomic E-state index is 13.6. The fourth-order valence-corrected chi connectivity index (χ4v) is 4.96. The van der Waals surface area contributed by atoms with Crippen LogP contribution in [-0.2, 0) is 4.79 Å². The molecule has 1 amide bonds. The van der Waals surface area contributed by atoms with Crippen molar-refractivity contribution in [3.8, 4) is 5.69 Å². The first-order chi connectivity index (χ1) is 16.9. The Hall–Kier alpha value is -3.45. The summed E-state index contributed by atoms with van der Waals surface area (Å²) in [6.45, 7) is 6.11. The zero-order chi connectivity index (χ0) is 24.9. The van der Waals surface area contributed by atoms with Crippen LogP contribution in [0.25, 0.3) is 16.6 Å². The average Bonchev–Trinajstić information content (AvgIpc) is 2.85. The van der Waals surface area contributed by atoms with Crippen LogP contribution in [0.15, 0.2) is 76.7 Å². The highest BCUT2D eigenvalue weighted by atomic mass is 32.2. The second-order valence-electron chi connectivity index (χ2n) is 8.57. The molecule has 1 N–H and O–H groups in total. The number of aromatic nitrogens is 2. The Morgan fingerprint density at radius 3 is 2.51 bits per heavy atom. The van der Waals surface area contributed by atoms with E-state index in [-0.39, 0.29) is 11.5 Å². The number of fused-ring (bicyclic) bond motifs is 1. The molecular weight excluding hydrogens is 461 g/mol. The highest BCUT2D eigenvalue weighted by Gasteiger charge is 2.24. The zero-order valence-electron chi connectivity index (χ0n) is 20.0. The third-order valence-corrected chi connectivity index (χ3v) is 7.18. The molecule has 0 aliphatic heterocycles. The van der Waals surface area contributed by atoms with Crippen molar-refractivity contribution in [2.24, 2.45) is 0 Å². The maximum absolute atomic E-state index is 13.6. The number of unbranched alkanes of at least 4 members (excludes halogenated alkanes) is 1. The first kappa shape index (κ1) is 24.7. The predicted octanol–water partition coefficient (Wildman–Crippen LogP) is 6.43. The highest BCUT2D eigenvalue weighted by molar-refractivity contribution is 8.00. The topological polar surface area (TPSA) is 64.0 Å². The molecule has 4 aromatic rings. The first-order valence-corrected chi connectivity index (χ1v) is 12.6. The summed E-state index contributed by atoms with van der Waals surface area (Å²) in [7, 11) is 0. The van der Waals surface area contributed by atoms with Crippen LogP contribution >= 0.6 is 11.8 Å². The van der Waals surface area contributed by atoms with Gasteiger partial charge in [0.15, 0.2) is 5.16 Å². The Kier molecular flexibility index (Phi) is 7.66. The minimum Gasteiger partial charge on any atom is -0.325 e. The Bertz CT molecular complexity index is 1420. The van der Waals surface area contributed by atoms with E-state index in [0.29, 0.717) is 28.2 Å². The van der Waals surface area contributed by atoms with E-state index in [1.807, 2.05) is 38.1 Å². The van der Waals surface area contributed by atoms with Crippen LogP contribution in [-0.4, -0.2) is 20.7 Å². The second-order valence-corrected chi connectivity index (χ2v) is 9.74. The van der Waals surface area contributed by atoms with E-state index in [4.69, 9.17) is 4.98 Å². The first-order valence-electron chi connectivity index (χ1n) is 11.7. The number of benzene rings is 3. The number of hydrogen-bond acceptors (Lipinski definition) is 4. The Balaban J connectivity index is 1.75. The van der Waals surface area contributed by atoms with Crippen LogP contribution in [0.3, 0.4) is 0 Å². The van der Waals surface area contributed by atoms with Crippen LogP contribution in [0, 0.1) is 19.7 Å². The van der Waals surface area contributed by atoms with Gasteiger partial charge in [-0.25, -0.2) is 9.37 Å². The summed E-state index contributed by atoms with van der Waals surface area (Å²) in [4.78, 5) is 31.6. The second kappa shape index (κ2) is 10.9. The lowest BCUT2D eigenvalue weighted by molar-refractivity contribution is -0.115. The van der Waals surface area contributed by atoms with Crippen molar-refractivity contribution in [1.82, 2.24) is 9.55 Å². The predicted molar refractivity (Wildman–Crippen MR) is 141 cm³/mol. The number of carbonyl (C=O) groups excluding carboxylic acids is 1. The molecule has 35 heavy (non-hydrogen) atoms. The lowest BCUT2D eigenvalue weighted by Crippen LogP contribution is -2.28. The molecule has 1 unspecified atom stereocenters. The SMILES string of the molecule is CCCCC(Sc1nc2ccccc2c(=O)n1-c1ccc(F)cc1)C(=O)Nc1ccc(C)c(C)c1. The molecule has 3 aromatic carbocycles. The van der Waals surface area contributed by atoms with Crippen molar-refractivity contribution in [1.29, 1.82) is 0 Å². The number of carbonyl (C=O) groups is 1. The van der Waals surface area contributed by atoms with Gasteiger partial charge in [0.2, 0.25) is 5.91 Å². The Morgan fingerprint density at radius 2 is 1.80 bits per heavy atom. The van der Waals surface area contributed by atoms with Gasteiger partial charge in [0.05, 0.1) is 21.8 Å². The lowest BCUT2D eigenvalue weighted by atomic mass is 10.1. The molecular formula is C28H28FN3O2S. The molecule has 0 aliphatic rings. The molecule has 1 heterocycles. The standard InChI is InChI=1S/C28H28FN3O2S/c1-4-5-10-25(26(33)30-21-14-11-18(2)19(3)17-21)35-28-31-24-9-7-6-8-23(24)27(34)32(28)22-15-12-20(29)13-16-22/h6-9,11-17,25H,4-5,10H2,1-3H3,(H,30,33). The van der Waals surface area contributed by atoms with Crippen LogP contribution < -0.4 is 10.9 Å². The number of aryl methyl sites for hydroxylation is 2. The van der Waals surface area contributed by atoms with Crippen LogP contribution in [0.4, 0.5) is 10.1 Å². The summed E-state index contributed by atoms with van der Waals surface area (Å²) in [6, 6.07) is 18.7.